The molecule has 2 atom stereocenters. The van der Waals surface area contributed by atoms with Crippen LogP contribution in [0.25, 0.3) is 0 Å². The predicted octanol–water partition coefficient (Wildman–Crippen LogP) is -1.65. The van der Waals surface area contributed by atoms with Crippen molar-refractivity contribution in [2.24, 2.45) is 9.98 Å². The van der Waals surface area contributed by atoms with E-state index in [2.05, 4.69) is 31.3 Å². The van der Waals surface area contributed by atoms with Gasteiger partial charge in [-0.25, -0.2) is 0 Å². The Balaban J connectivity index is 1.73. The molecule has 6 heteroatoms. The van der Waals surface area contributed by atoms with Crippen molar-refractivity contribution in [3.8, 4) is 0 Å². The second kappa shape index (κ2) is 3.63. The Labute approximate surface area is 87.9 Å². The number of aliphatic imine (C=N–C) groups is 2. The smallest absolute Gasteiger partial charge is 0.140 e. The van der Waals surface area contributed by atoms with Gasteiger partial charge in [0.15, 0.2) is 0 Å². The first-order valence-electron chi connectivity index (χ1n) is 5.15. The van der Waals surface area contributed by atoms with Crippen LogP contribution < -0.4 is 21.3 Å². The van der Waals surface area contributed by atoms with Gasteiger partial charge in [-0.15, -0.1) is 0 Å². The number of rotatable bonds is 2. The van der Waals surface area contributed by atoms with Gasteiger partial charge in [0.2, 0.25) is 0 Å². The SMILES string of the molecule is C1=CNC(C2NCN=C2C2N=CCN2)N1. The molecule has 6 nitrogen and oxygen atoms in total. The fraction of sp³-hybridized carbons (Fsp3) is 0.556. The molecule has 15 heavy (non-hydrogen) atoms. The third-order valence-corrected chi connectivity index (χ3v) is 2.80. The minimum absolute atomic E-state index is 0.0502. The molecule has 4 N–H and O–H groups in total. The van der Waals surface area contributed by atoms with Gasteiger partial charge >= 0.3 is 0 Å². The van der Waals surface area contributed by atoms with E-state index in [0.29, 0.717) is 6.67 Å². The molecule has 0 aliphatic carbocycles. The number of hydrogen-bond donors (Lipinski definition) is 4. The molecule has 0 aromatic rings. The van der Waals surface area contributed by atoms with E-state index in [0.717, 1.165) is 12.3 Å². The van der Waals surface area contributed by atoms with Crippen molar-refractivity contribution in [1.82, 2.24) is 21.3 Å². The Morgan fingerprint density at radius 3 is 2.80 bits per heavy atom. The topological polar surface area (TPSA) is 72.8 Å². The Bertz CT molecular complexity index is 325. The van der Waals surface area contributed by atoms with Gasteiger partial charge in [-0.3, -0.25) is 20.6 Å². The van der Waals surface area contributed by atoms with Crippen LogP contribution >= 0.6 is 0 Å². The molecule has 0 saturated carbocycles. The zero-order valence-corrected chi connectivity index (χ0v) is 8.27. The molecule has 3 rings (SSSR count). The lowest BCUT2D eigenvalue weighted by Crippen LogP contribution is -2.55. The van der Waals surface area contributed by atoms with Gasteiger partial charge in [-0.1, -0.05) is 0 Å². The van der Waals surface area contributed by atoms with Crippen LogP contribution in [0.3, 0.4) is 0 Å². The average molecular weight is 206 g/mol. The van der Waals surface area contributed by atoms with E-state index in [4.69, 9.17) is 0 Å². The lowest BCUT2D eigenvalue weighted by atomic mass is 10.1. The monoisotopic (exact) mass is 206 g/mol. The van der Waals surface area contributed by atoms with Gasteiger partial charge in [0.1, 0.15) is 12.3 Å². The van der Waals surface area contributed by atoms with E-state index in [1.165, 1.54) is 0 Å². The van der Waals surface area contributed by atoms with Crippen molar-refractivity contribution >= 4 is 11.9 Å². The number of nitrogens with one attached hydrogen (secondary N) is 4. The fourth-order valence-electron chi connectivity index (χ4n) is 2.08. The maximum absolute atomic E-state index is 4.47. The molecular weight excluding hydrogens is 192 g/mol. The Hall–Kier alpha value is -1.40. The summed E-state index contributed by atoms with van der Waals surface area (Å²) in [6, 6.07) is 0.202. The molecule has 0 fully saturated rings. The van der Waals surface area contributed by atoms with Gasteiger partial charge in [0.25, 0.3) is 0 Å². The van der Waals surface area contributed by atoms with Crippen LogP contribution in [0, 0.1) is 0 Å². The van der Waals surface area contributed by atoms with Crippen LogP contribution in [-0.4, -0.2) is 43.5 Å². The normalized spacial score (nSPS) is 34.3. The van der Waals surface area contributed by atoms with E-state index in [1.54, 1.807) is 0 Å². The molecule has 0 aromatic carbocycles. The maximum atomic E-state index is 4.47. The highest BCUT2D eigenvalue weighted by Gasteiger charge is 2.34. The largest absolute Gasteiger partial charge is 0.369 e. The summed E-state index contributed by atoms with van der Waals surface area (Å²) in [6.07, 6.45) is 5.95. The first kappa shape index (κ1) is 8.87. The predicted molar refractivity (Wildman–Crippen MR) is 58.7 cm³/mol. The molecule has 0 spiro atoms. The molecule has 0 aromatic heterocycles. The summed E-state index contributed by atoms with van der Waals surface area (Å²) in [4.78, 5) is 8.82. The first-order valence-corrected chi connectivity index (χ1v) is 5.15. The van der Waals surface area contributed by atoms with E-state index in [-0.39, 0.29) is 18.4 Å². The summed E-state index contributed by atoms with van der Waals surface area (Å²) in [5, 5.41) is 13.1. The van der Waals surface area contributed by atoms with Crippen molar-refractivity contribution in [3.63, 3.8) is 0 Å². The molecule has 3 heterocycles. The highest BCUT2D eigenvalue weighted by molar-refractivity contribution is 5.97. The second-order valence-electron chi connectivity index (χ2n) is 3.71. The average Bonchev–Trinajstić information content (AvgIpc) is 3.01. The van der Waals surface area contributed by atoms with Crippen molar-refractivity contribution in [2.75, 3.05) is 13.2 Å². The number of hydrogen-bond acceptors (Lipinski definition) is 6. The highest BCUT2D eigenvalue weighted by atomic mass is 15.3. The minimum Gasteiger partial charge on any atom is -0.369 e. The van der Waals surface area contributed by atoms with Crippen LogP contribution in [0.4, 0.5) is 0 Å². The van der Waals surface area contributed by atoms with Crippen LogP contribution in [-0.2, 0) is 0 Å². The fourth-order valence-corrected chi connectivity index (χ4v) is 2.08. The molecule has 0 saturated heterocycles. The van der Waals surface area contributed by atoms with Crippen LogP contribution in [0.1, 0.15) is 0 Å². The van der Waals surface area contributed by atoms with Gasteiger partial charge in [-0.05, 0) is 0 Å². The molecule has 3 aliphatic heterocycles. The quantitative estimate of drug-likeness (QED) is 0.437. The summed E-state index contributed by atoms with van der Waals surface area (Å²) in [7, 11) is 0. The minimum atomic E-state index is 0.0502. The van der Waals surface area contributed by atoms with E-state index < -0.39 is 0 Å². The summed E-state index contributed by atoms with van der Waals surface area (Å²) >= 11 is 0. The zero-order valence-electron chi connectivity index (χ0n) is 8.27. The summed E-state index contributed by atoms with van der Waals surface area (Å²) in [5.41, 5.74) is 1.08. The van der Waals surface area contributed by atoms with Crippen molar-refractivity contribution in [3.05, 3.63) is 12.4 Å². The Kier molecular flexibility index (Phi) is 2.15. The van der Waals surface area contributed by atoms with Crippen LogP contribution in [0.15, 0.2) is 22.4 Å². The lowest BCUT2D eigenvalue weighted by molar-refractivity contribution is 0.474. The van der Waals surface area contributed by atoms with E-state index in [9.17, 15) is 0 Å². The molecule has 0 radical (unpaired) electrons. The summed E-state index contributed by atoms with van der Waals surface area (Å²) in [5.74, 6) is 0. The van der Waals surface area contributed by atoms with Crippen molar-refractivity contribution in [1.29, 1.82) is 0 Å². The lowest BCUT2D eigenvalue weighted by Gasteiger charge is -2.24. The standard InChI is InChI=1S/C9H14N6/c1-2-11-8(10-1)6-7(15-5-14-6)9-12-3-4-13-9/h1-3,6,8-11,13-14H,4-5H2. The van der Waals surface area contributed by atoms with E-state index in [1.807, 2.05) is 18.6 Å². The zero-order chi connectivity index (χ0) is 10.1. The third kappa shape index (κ3) is 1.51. The van der Waals surface area contributed by atoms with Crippen molar-refractivity contribution < 1.29 is 0 Å². The molecule has 0 bridgehead atoms. The highest BCUT2D eigenvalue weighted by Crippen LogP contribution is 2.10. The summed E-state index contributed by atoms with van der Waals surface area (Å²) in [6.45, 7) is 1.51. The number of nitrogens with zero attached hydrogens (tertiary/aromatic N) is 2. The first-order chi connectivity index (χ1) is 7.45. The van der Waals surface area contributed by atoms with Crippen LogP contribution in [0.5, 0.6) is 0 Å². The van der Waals surface area contributed by atoms with Crippen LogP contribution in [0.2, 0.25) is 0 Å². The van der Waals surface area contributed by atoms with Gasteiger partial charge < -0.3 is 10.6 Å². The molecular formula is C9H14N6. The molecule has 0 amide bonds. The van der Waals surface area contributed by atoms with Gasteiger partial charge in [0, 0.05) is 25.2 Å². The second-order valence-corrected chi connectivity index (χ2v) is 3.71. The maximum Gasteiger partial charge on any atom is 0.140 e. The Morgan fingerprint density at radius 1 is 1.20 bits per heavy atom. The van der Waals surface area contributed by atoms with Gasteiger partial charge in [0.05, 0.1) is 18.4 Å². The molecule has 3 aliphatic rings. The Morgan fingerprint density at radius 2 is 2.07 bits per heavy atom. The molecule has 80 valence electrons. The molecule has 2 unspecified atom stereocenters. The van der Waals surface area contributed by atoms with E-state index >= 15 is 0 Å². The summed E-state index contributed by atoms with van der Waals surface area (Å²) < 4.78 is 0. The van der Waals surface area contributed by atoms with Gasteiger partial charge in [-0.2, -0.15) is 0 Å². The third-order valence-electron chi connectivity index (χ3n) is 2.80. The van der Waals surface area contributed by atoms with Crippen molar-refractivity contribution in [2.45, 2.75) is 18.4 Å².